The molecule has 1 aromatic carbocycles. The standard InChI is InChI=1S/C22H24N4O4S/c1-13-14(2)31-20-19(13)21(28)26(17(24-20)11-25-9-3-4-10-25)12-18(27)23-16-7-5-15(6-8-16)22(29)30/h5-8H,3-4,9-12H2,1-2H3,(H,23,27)(H,29,30). The summed E-state index contributed by atoms with van der Waals surface area (Å²) in [6.45, 7) is 6.17. The summed E-state index contributed by atoms with van der Waals surface area (Å²) in [4.78, 5) is 45.8. The number of hydrogen-bond acceptors (Lipinski definition) is 6. The lowest BCUT2D eigenvalue weighted by atomic mass is 10.2. The van der Waals surface area contributed by atoms with E-state index in [0.29, 0.717) is 23.4 Å². The third kappa shape index (κ3) is 4.38. The fourth-order valence-electron chi connectivity index (χ4n) is 3.83. The number of aromatic carboxylic acids is 1. The van der Waals surface area contributed by atoms with E-state index in [0.717, 1.165) is 41.2 Å². The number of rotatable bonds is 6. The summed E-state index contributed by atoms with van der Waals surface area (Å²) in [6, 6.07) is 5.91. The van der Waals surface area contributed by atoms with Crippen molar-refractivity contribution in [1.29, 1.82) is 0 Å². The Morgan fingerprint density at radius 1 is 1.16 bits per heavy atom. The molecule has 0 saturated carbocycles. The quantitative estimate of drug-likeness (QED) is 0.611. The van der Waals surface area contributed by atoms with E-state index in [1.54, 1.807) is 0 Å². The van der Waals surface area contributed by atoms with E-state index in [1.807, 2.05) is 13.8 Å². The molecule has 1 amide bonds. The SMILES string of the molecule is Cc1sc2nc(CN3CCCC3)n(CC(=O)Nc3ccc(C(=O)O)cc3)c(=O)c2c1C. The Bertz CT molecular complexity index is 1210. The van der Waals surface area contributed by atoms with Gasteiger partial charge in [-0.15, -0.1) is 11.3 Å². The molecular formula is C22H24N4O4S. The highest BCUT2D eigenvalue weighted by Gasteiger charge is 2.21. The summed E-state index contributed by atoms with van der Waals surface area (Å²) in [5.41, 5.74) is 1.32. The summed E-state index contributed by atoms with van der Waals surface area (Å²) in [5, 5.41) is 12.3. The summed E-state index contributed by atoms with van der Waals surface area (Å²) < 4.78 is 1.47. The van der Waals surface area contributed by atoms with Gasteiger partial charge in [-0.3, -0.25) is 19.1 Å². The van der Waals surface area contributed by atoms with Crippen LogP contribution in [-0.2, 0) is 17.9 Å². The first-order valence-electron chi connectivity index (χ1n) is 10.2. The predicted octanol–water partition coefficient (Wildman–Crippen LogP) is 3.01. The first-order valence-corrected chi connectivity index (χ1v) is 11.0. The van der Waals surface area contributed by atoms with Crippen LogP contribution < -0.4 is 10.9 Å². The lowest BCUT2D eigenvalue weighted by Crippen LogP contribution is -2.33. The minimum Gasteiger partial charge on any atom is -0.478 e. The van der Waals surface area contributed by atoms with Crippen molar-refractivity contribution in [2.24, 2.45) is 0 Å². The summed E-state index contributed by atoms with van der Waals surface area (Å²) >= 11 is 1.51. The molecule has 3 heterocycles. The molecule has 1 aliphatic rings. The van der Waals surface area contributed by atoms with E-state index in [1.165, 1.54) is 40.2 Å². The number of hydrogen-bond donors (Lipinski definition) is 2. The second-order valence-corrected chi connectivity index (χ2v) is 9.00. The number of amides is 1. The zero-order valence-corrected chi connectivity index (χ0v) is 18.3. The van der Waals surface area contributed by atoms with Gasteiger partial charge >= 0.3 is 5.97 Å². The topological polar surface area (TPSA) is 105 Å². The number of aryl methyl sites for hydroxylation is 2. The Morgan fingerprint density at radius 2 is 1.84 bits per heavy atom. The van der Waals surface area contributed by atoms with Gasteiger partial charge in [0.25, 0.3) is 5.56 Å². The van der Waals surface area contributed by atoms with Gasteiger partial charge in [0, 0.05) is 10.6 Å². The Labute approximate surface area is 183 Å². The molecule has 0 aliphatic carbocycles. The number of aromatic nitrogens is 2. The smallest absolute Gasteiger partial charge is 0.335 e. The van der Waals surface area contributed by atoms with Gasteiger partial charge in [-0.2, -0.15) is 0 Å². The number of fused-ring (bicyclic) bond motifs is 1. The number of likely N-dealkylation sites (tertiary alicyclic amines) is 1. The average molecular weight is 441 g/mol. The predicted molar refractivity (Wildman–Crippen MR) is 120 cm³/mol. The van der Waals surface area contributed by atoms with Gasteiger partial charge in [0.05, 0.1) is 17.5 Å². The van der Waals surface area contributed by atoms with Crippen molar-refractivity contribution in [2.75, 3.05) is 18.4 Å². The van der Waals surface area contributed by atoms with E-state index in [2.05, 4.69) is 10.2 Å². The molecule has 8 nitrogen and oxygen atoms in total. The zero-order valence-electron chi connectivity index (χ0n) is 17.5. The van der Waals surface area contributed by atoms with Crippen LogP contribution >= 0.6 is 11.3 Å². The lowest BCUT2D eigenvalue weighted by molar-refractivity contribution is -0.116. The average Bonchev–Trinajstić information content (AvgIpc) is 3.33. The van der Waals surface area contributed by atoms with Crippen molar-refractivity contribution >= 4 is 39.1 Å². The second kappa shape index (κ2) is 8.60. The van der Waals surface area contributed by atoms with E-state index in [-0.39, 0.29) is 23.6 Å². The number of nitrogens with zero attached hydrogens (tertiary/aromatic N) is 3. The second-order valence-electron chi connectivity index (χ2n) is 7.80. The number of anilines is 1. The van der Waals surface area contributed by atoms with Crippen molar-refractivity contribution < 1.29 is 14.7 Å². The molecule has 0 radical (unpaired) electrons. The zero-order chi connectivity index (χ0) is 22.1. The number of carboxylic acid groups (broad SMARTS) is 1. The molecule has 1 aliphatic heterocycles. The minimum atomic E-state index is -1.03. The first kappa shape index (κ1) is 21.2. The van der Waals surface area contributed by atoms with Crippen molar-refractivity contribution in [2.45, 2.75) is 39.8 Å². The van der Waals surface area contributed by atoms with Crippen LogP contribution in [0.2, 0.25) is 0 Å². The highest BCUT2D eigenvalue weighted by molar-refractivity contribution is 7.18. The molecule has 0 bridgehead atoms. The van der Waals surface area contributed by atoms with Crippen LogP contribution in [0, 0.1) is 13.8 Å². The number of thiophene rings is 1. The molecule has 0 atom stereocenters. The van der Waals surface area contributed by atoms with Crippen molar-refractivity contribution in [3.05, 3.63) is 56.4 Å². The van der Waals surface area contributed by atoms with Gasteiger partial charge < -0.3 is 10.4 Å². The molecule has 31 heavy (non-hydrogen) atoms. The Hall–Kier alpha value is -3.04. The number of benzene rings is 1. The molecule has 1 saturated heterocycles. The molecule has 3 aromatic rings. The van der Waals surface area contributed by atoms with Crippen molar-refractivity contribution in [1.82, 2.24) is 14.5 Å². The van der Waals surface area contributed by atoms with E-state index < -0.39 is 5.97 Å². The maximum Gasteiger partial charge on any atom is 0.335 e. The van der Waals surface area contributed by atoms with Gasteiger partial charge in [0.1, 0.15) is 17.2 Å². The van der Waals surface area contributed by atoms with Gasteiger partial charge in [-0.1, -0.05) is 0 Å². The largest absolute Gasteiger partial charge is 0.478 e. The molecule has 2 aromatic heterocycles. The number of carbonyl (C=O) groups is 2. The summed E-state index contributed by atoms with van der Waals surface area (Å²) in [7, 11) is 0. The molecule has 9 heteroatoms. The van der Waals surface area contributed by atoms with Gasteiger partial charge in [0.2, 0.25) is 5.91 Å². The number of nitrogens with one attached hydrogen (secondary N) is 1. The molecule has 1 fully saturated rings. The summed E-state index contributed by atoms with van der Waals surface area (Å²) in [5.74, 6) is -0.799. The lowest BCUT2D eigenvalue weighted by Gasteiger charge is -2.18. The van der Waals surface area contributed by atoms with Crippen LogP contribution in [0.1, 0.15) is 39.5 Å². The van der Waals surface area contributed by atoms with E-state index in [4.69, 9.17) is 10.1 Å². The third-order valence-electron chi connectivity index (χ3n) is 5.65. The van der Waals surface area contributed by atoms with Crippen LogP contribution in [0.25, 0.3) is 10.2 Å². The first-order chi connectivity index (χ1) is 14.8. The summed E-state index contributed by atoms with van der Waals surface area (Å²) in [6.07, 6.45) is 2.24. The Balaban J connectivity index is 1.64. The maximum absolute atomic E-state index is 13.3. The third-order valence-corrected chi connectivity index (χ3v) is 6.75. The Morgan fingerprint density at radius 3 is 2.48 bits per heavy atom. The number of carboxylic acids is 1. The molecule has 2 N–H and O–H groups in total. The van der Waals surface area contributed by atoms with Crippen molar-refractivity contribution in [3.8, 4) is 0 Å². The van der Waals surface area contributed by atoms with Crippen LogP contribution in [-0.4, -0.2) is 44.5 Å². The molecule has 4 rings (SSSR count). The van der Waals surface area contributed by atoms with Crippen molar-refractivity contribution in [3.63, 3.8) is 0 Å². The van der Waals surface area contributed by atoms with Gasteiger partial charge in [-0.25, -0.2) is 9.78 Å². The van der Waals surface area contributed by atoms with Crippen LogP contribution in [0.4, 0.5) is 5.69 Å². The molecule has 162 valence electrons. The normalized spacial score (nSPS) is 14.3. The fraction of sp³-hybridized carbons (Fsp3) is 0.364. The number of carbonyl (C=O) groups excluding carboxylic acids is 1. The van der Waals surface area contributed by atoms with Crippen LogP contribution in [0.15, 0.2) is 29.1 Å². The van der Waals surface area contributed by atoms with Crippen LogP contribution in [0.3, 0.4) is 0 Å². The Kier molecular flexibility index (Phi) is 5.88. The van der Waals surface area contributed by atoms with Gasteiger partial charge in [0.15, 0.2) is 0 Å². The monoisotopic (exact) mass is 440 g/mol. The van der Waals surface area contributed by atoms with E-state index in [9.17, 15) is 14.4 Å². The van der Waals surface area contributed by atoms with Crippen LogP contribution in [0.5, 0.6) is 0 Å². The fourth-order valence-corrected chi connectivity index (χ4v) is 4.87. The highest BCUT2D eigenvalue weighted by atomic mass is 32.1. The van der Waals surface area contributed by atoms with E-state index >= 15 is 0 Å². The molecule has 0 unspecified atom stereocenters. The minimum absolute atomic E-state index is 0.139. The maximum atomic E-state index is 13.3. The highest BCUT2D eigenvalue weighted by Crippen LogP contribution is 2.26. The molecule has 0 spiro atoms. The van der Waals surface area contributed by atoms with Gasteiger partial charge in [-0.05, 0) is 69.6 Å². The molecular weight excluding hydrogens is 416 g/mol.